The Bertz CT molecular complexity index is 500. The van der Waals surface area contributed by atoms with Crippen molar-refractivity contribution in [3.05, 3.63) is 17.7 Å². The van der Waals surface area contributed by atoms with Crippen LogP contribution < -0.4 is 10.6 Å². The van der Waals surface area contributed by atoms with Gasteiger partial charge in [0.1, 0.15) is 0 Å². The average molecular weight is 283 g/mol. The normalized spacial score (nSPS) is 10.4. The monoisotopic (exact) mass is 282 g/mol. The zero-order valence-corrected chi connectivity index (χ0v) is 11.3. The lowest BCUT2D eigenvalue weighted by atomic mass is 10.4. The molecule has 0 saturated carbocycles. The fourth-order valence-electron chi connectivity index (χ4n) is 1.46. The molecule has 19 heavy (non-hydrogen) atoms. The number of nitrogens with one attached hydrogen (secondary N) is 2. The summed E-state index contributed by atoms with van der Waals surface area (Å²) in [6, 6.07) is 0. The SMILES string of the molecule is CCNc1nc(Cl)nc(NCCCn2ccnn2)n1. The van der Waals surface area contributed by atoms with Gasteiger partial charge in [0, 0.05) is 25.8 Å². The summed E-state index contributed by atoms with van der Waals surface area (Å²) in [5, 5.41) is 13.9. The molecule has 2 aromatic heterocycles. The molecule has 0 atom stereocenters. The average Bonchev–Trinajstić information content (AvgIpc) is 2.87. The van der Waals surface area contributed by atoms with Gasteiger partial charge in [-0.1, -0.05) is 5.21 Å². The van der Waals surface area contributed by atoms with Gasteiger partial charge in [0.15, 0.2) is 0 Å². The second kappa shape index (κ2) is 6.83. The number of aryl methyl sites for hydroxylation is 1. The molecule has 2 N–H and O–H groups in total. The van der Waals surface area contributed by atoms with E-state index in [-0.39, 0.29) is 5.28 Å². The molecule has 0 saturated heterocycles. The number of rotatable bonds is 7. The van der Waals surface area contributed by atoms with Crippen LogP contribution in [0, 0.1) is 0 Å². The largest absolute Gasteiger partial charge is 0.354 e. The zero-order valence-electron chi connectivity index (χ0n) is 10.5. The minimum Gasteiger partial charge on any atom is -0.354 e. The van der Waals surface area contributed by atoms with Gasteiger partial charge in [0.05, 0.1) is 6.20 Å². The summed E-state index contributed by atoms with van der Waals surface area (Å²) in [4.78, 5) is 12.2. The van der Waals surface area contributed by atoms with Gasteiger partial charge in [-0.15, -0.1) is 5.10 Å². The predicted octanol–water partition coefficient (Wildman–Crippen LogP) is 1.05. The minimum absolute atomic E-state index is 0.171. The van der Waals surface area contributed by atoms with Crippen LogP contribution in [0.2, 0.25) is 5.28 Å². The summed E-state index contributed by atoms with van der Waals surface area (Å²) in [5.41, 5.74) is 0. The topological polar surface area (TPSA) is 93.4 Å². The van der Waals surface area contributed by atoms with Crippen LogP contribution in [-0.2, 0) is 6.54 Å². The first-order valence-corrected chi connectivity index (χ1v) is 6.39. The van der Waals surface area contributed by atoms with Gasteiger partial charge in [-0.3, -0.25) is 4.68 Å². The number of aromatic nitrogens is 6. The van der Waals surface area contributed by atoms with Crippen LogP contribution in [0.15, 0.2) is 12.4 Å². The van der Waals surface area contributed by atoms with E-state index < -0.39 is 0 Å². The summed E-state index contributed by atoms with van der Waals surface area (Å²) in [7, 11) is 0. The van der Waals surface area contributed by atoms with Crippen LogP contribution in [0.5, 0.6) is 0 Å². The second-order valence-electron chi connectivity index (χ2n) is 3.73. The first kappa shape index (κ1) is 13.5. The summed E-state index contributed by atoms with van der Waals surface area (Å²) in [6.07, 6.45) is 4.36. The van der Waals surface area contributed by atoms with Crippen LogP contribution in [0.25, 0.3) is 0 Å². The maximum Gasteiger partial charge on any atom is 0.228 e. The highest BCUT2D eigenvalue weighted by atomic mass is 35.5. The van der Waals surface area contributed by atoms with Crippen LogP contribution in [-0.4, -0.2) is 43.0 Å². The minimum atomic E-state index is 0.171. The molecule has 102 valence electrons. The molecular weight excluding hydrogens is 268 g/mol. The number of nitrogens with zero attached hydrogens (tertiary/aromatic N) is 6. The Morgan fingerprint density at radius 1 is 1.21 bits per heavy atom. The molecule has 2 aromatic rings. The van der Waals surface area contributed by atoms with Crippen molar-refractivity contribution in [2.45, 2.75) is 19.9 Å². The van der Waals surface area contributed by atoms with Crippen molar-refractivity contribution in [1.82, 2.24) is 29.9 Å². The smallest absolute Gasteiger partial charge is 0.228 e. The molecule has 0 aliphatic carbocycles. The van der Waals surface area contributed by atoms with E-state index in [2.05, 4.69) is 35.9 Å². The van der Waals surface area contributed by atoms with Gasteiger partial charge in [-0.25, -0.2) is 0 Å². The second-order valence-corrected chi connectivity index (χ2v) is 4.07. The third kappa shape index (κ3) is 4.32. The van der Waals surface area contributed by atoms with Gasteiger partial charge in [-0.05, 0) is 24.9 Å². The Labute approximate surface area is 115 Å². The lowest BCUT2D eigenvalue weighted by Gasteiger charge is -2.07. The molecule has 0 fully saturated rings. The van der Waals surface area contributed by atoms with Gasteiger partial charge < -0.3 is 10.6 Å². The lowest BCUT2D eigenvalue weighted by Crippen LogP contribution is -2.11. The number of hydrogen-bond acceptors (Lipinski definition) is 7. The number of halogens is 1. The molecule has 0 bridgehead atoms. The standard InChI is InChI=1S/C10H15ClN8/c1-2-12-9-15-8(11)16-10(17-9)13-4-3-6-19-7-5-14-18-19/h5,7H,2-4,6H2,1H3,(H2,12,13,15,16,17). The maximum atomic E-state index is 5.82. The Morgan fingerprint density at radius 2 is 2.00 bits per heavy atom. The Morgan fingerprint density at radius 3 is 2.68 bits per heavy atom. The van der Waals surface area contributed by atoms with Crippen molar-refractivity contribution in [1.29, 1.82) is 0 Å². The van der Waals surface area contributed by atoms with Gasteiger partial charge in [0.2, 0.25) is 17.2 Å². The van der Waals surface area contributed by atoms with Crippen LogP contribution >= 0.6 is 11.6 Å². The highest BCUT2D eigenvalue weighted by Gasteiger charge is 2.03. The summed E-state index contributed by atoms with van der Waals surface area (Å²) in [5.74, 6) is 0.941. The van der Waals surface area contributed by atoms with Crippen LogP contribution in [0.1, 0.15) is 13.3 Å². The van der Waals surface area contributed by atoms with Crippen molar-refractivity contribution < 1.29 is 0 Å². The van der Waals surface area contributed by atoms with Crippen molar-refractivity contribution in [3.63, 3.8) is 0 Å². The van der Waals surface area contributed by atoms with E-state index in [4.69, 9.17) is 11.6 Å². The Kier molecular flexibility index (Phi) is 4.85. The predicted molar refractivity (Wildman–Crippen MR) is 72.1 cm³/mol. The van der Waals surface area contributed by atoms with E-state index in [9.17, 15) is 0 Å². The summed E-state index contributed by atoms with van der Waals surface area (Å²) in [6.45, 7) is 4.19. The molecule has 8 nitrogen and oxygen atoms in total. The Hall–Kier alpha value is -1.96. The quantitative estimate of drug-likeness (QED) is 0.733. The third-order valence-electron chi connectivity index (χ3n) is 2.26. The summed E-state index contributed by atoms with van der Waals surface area (Å²) >= 11 is 5.82. The molecule has 0 aliphatic heterocycles. The van der Waals surface area contributed by atoms with Crippen molar-refractivity contribution in [3.8, 4) is 0 Å². The van der Waals surface area contributed by atoms with E-state index in [1.54, 1.807) is 10.9 Å². The fourth-order valence-corrected chi connectivity index (χ4v) is 1.62. The highest BCUT2D eigenvalue weighted by Crippen LogP contribution is 2.09. The number of hydrogen-bond donors (Lipinski definition) is 2. The molecule has 9 heteroatoms. The molecule has 2 heterocycles. The van der Waals surface area contributed by atoms with Crippen LogP contribution in [0.4, 0.5) is 11.9 Å². The van der Waals surface area contributed by atoms with Gasteiger partial charge >= 0.3 is 0 Å². The summed E-state index contributed by atoms with van der Waals surface area (Å²) < 4.78 is 1.77. The van der Waals surface area contributed by atoms with E-state index in [1.807, 2.05) is 13.1 Å². The van der Waals surface area contributed by atoms with E-state index in [0.29, 0.717) is 18.4 Å². The molecule has 0 aliphatic rings. The lowest BCUT2D eigenvalue weighted by molar-refractivity contribution is 0.569. The van der Waals surface area contributed by atoms with Crippen LogP contribution in [0.3, 0.4) is 0 Å². The third-order valence-corrected chi connectivity index (χ3v) is 2.43. The fraction of sp³-hybridized carbons (Fsp3) is 0.500. The van der Waals surface area contributed by atoms with E-state index in [1.165, 1.54) is 0 Å². The molecule has 0 aromatic carbocycles. The highest BCUT2D eigenvalue weighted by molar-refractivity contribution is 6.28. The van der Waals surface area contributed by atoms with Crippen molar-refractivity contribution in [2.75, 3.05) is 23.7 Å². The van der Waals surface area contributed by atoms with E-state index in [0.717, 1.165) is 19.5 Å². The molecule has 0 radical (unpaired) electrons. The molecule has 0 spiro atoms. The van der Waals surface area contributed by atoms with Gasteiger partial charge in [-0.2, -0.15) is 15.0 Å². The zero-order chi connectivity index (χ0) is 13.5. The first-order valence-electron chi connectivity index (χ1n) is 6.01. The van der Waals surface area contributed by atoms with Crippen molar-refractivity contribution in [2.24, 2.45) is 0 Å². The molecule has 0 unspecified atom stereocenters. The maximum absolute atomic E-state index is 5.82. The Balaban J connectivity index is 1.81. The molecule has 0 amide bonds. The molecule has 2 rings (SSSR count). The van der Waals surface area contributed by atoms with Gasteiger partial charge in [0.25, 0.3) is 0 Å². The molecular formula is C10H15ClN8. The van der Waals surface area contributed by atoms with E-state index >= 15 is 0 Å². The number of anilines is 2. The first-order chi connectivity index (χ1) is 9.28. The van der Waals surface area contributed by atoms with Crippen molar-refractivity contribution >= 4 is 23.5 Å².